The van der Waals surface area contributed by atoms with E-state index in [1.165, 1.54) is 4.52 Å². The van der Waals surface area contributed by atoms with Crippen molar-refractivity contribution in [3.05, 3.63) is 37.1 Å². The number of ether oxygens (including phenoxy) is 2. The first kappa shape index (κ1) is 20.2. The number of hydrogen-bond donors (Lipinski definition) is 1. The van der Waals surface area contributed by atoms with Gasteiger partial charge in [0.2, 0.25) is 11.7 Å². The Bertz CT molecular complexity index is 1320. The minimum Gasteiger partial charge on any atom is -0.385 e. The summed E-state index contributed by atoms with van der Waals surface area (Å²) < 4.78 is 52.5. The van der Waals surface area contributed by atoms with Crippen LogP contribution in [0.1, 0.15) is 25.7 Å². The number of imidazole rings is 1. The fraction of sp³-hybridized carbons (Fsp3) is 0.429. The molecule has 2 fully saturated rings. The Morgan fingerprint density at radius 1 is 1.15 bits per heavy atom. The average Bonchev–Trinajstić information content (AvgIpc) is 3.38. The van der Waals surface area contributed by atoms with Crippen molar-refractivity contribution in [3.8, 4) is 17.0 Å². The molecule has 4 aromatic rings. The number of fused-ring (bicyclic) bond motifs is 2. The Balaban J connectivity index is 1.35. The van der Waals surface area contributed by atoms with Crippen molar-refractivity contribution in [3.63, 3.8) is 0 Å². The van der Waals surface area contributed by atoms with Gasteiger partial charge in [-0.25, -0.2) is 14.5 Å². The first-order valence-corrected chi connectivity index (χ1v) is 10.7. The number of halogens is 3. The fourth-order valence-electron chi connectivity index (χ4n) is 4.66. The standard InChI is InChI=1S/C21H20F3N7O2/c22-21(23,24)33-17-16-15(13-9-26-19-25-6-8-30(19)10-13)3-7-31(16)29-18(28-17)27-14-1-4-20(5-2-14)11-32-12-20/h3,6-10,14H,1-2,4-5,11-12H2,(H,27,29). The average molecular weight is 459 g/mol. The molecule has 172 valence electrons. The van der Waals surface area contributed by atoms with Gasteiger partial charge in [-0.2, -0.15) is 4.98 Å². The maximum atomic E-state index is 13.2. The van der Waals surface area contributed by atoms with Crippen LogP contribution < -0.4 is 10.1 Å². The first-order valence-electron chi connectivity index (χ1n) is 10.7. The zero-order valence-corrected chi connectivity index (χ0v) is 17.4. The van der Waals surface area contributed by atoms with Gasteiger partial charge in [0.1, 0.15) is 5.52 Å². The second-order valence-corrected chi connectivity index (χ2v) is 8.70. The van der Waals surface area contributed by atoms with Crippen LogP contribution in [0.3, 0.4) is 0 Å². The number of nitrogens with one attached hydrogen (secondary N) is 1. The molecule has 1 spiro atoms. The van der Waals surface area contributed by atoms with Gasteiger partial charge < -0.3 is 14.8 Å². The number of alkyl halides is 3. The van der Waals surface area contributed by atoms with Gasteiger partial charge in [-0.05, 0) is 31.7 Å². The lowest BCUT2D eigenvalue weighted by atomic mass is 9.71. The van der Waals surface area contributed by atoms with E-state index in [2.05, 4.69) is 30.1 Å². The third-order valence-electron chi connectivity index (χ3n) is 6.44. The highest BCUT2D eigenvalue weighted by atomic mass is 19.4. The van der Waals surface area contributed by atoms with Gasteiger partial charge in [0.25, 0.3) is 5.88 Å². The van der Waals surface area contributed by atoms with Crippen molar-refractivity contribution in [2.24, 2.45) is 5.41 Å². The topological polar surface area (TPSA) is 90.9 Å². The van der Waals surface area contributed by atoms with Crippen molar-refractivity contribution in [1.82, 2.24) is 29.0 Å². The molecule has 1 aliphatic carbocycles. The molecule has 4 aromatic heterocycles. The molecule has 1 N–H and O–H groups in total. The molecule has 0 unspecified atom stereocenters. The van der Waals surface area contributed by atoms with E-state index >= 15 is 0 Å². The summed E-state index contributed by atoms with van der Waals surface area (Å²) in [6.45, 7) is 1.58. The van der Waals surface area contributed by atoms with Gasteiger partial charge in [-0.1, -0.05) is 0 Å². The second kappa shape index (κ2) is 7.30. The second-order valence-electron chi connectivity index (χ2n) is 8.70. The van der Waals surface area contributed by atoms with E-state index in [-0.39, 0.29) is 22.9 Å². The Hall–Kier alpha value is -3.41. The van der Waals surface area contributed by atoms with Crippen LogP contribution in [0.15, 0.2) is 37.1 Å². The van der Waals surface area contributed by atoms with Crippen LogP contribution in [0.2, 0.25) is 0 Å². The summed E-state index contributed by atoms with van der Waals surface area (Å²) >= 11 is 0. The molecule has 12 heteroatoms. The minimum absolute atomic E-state index is 0.0790. The highest BCUT2D eigenvalue weighted by Crippen LogP contribution is 2.43. The zero-order valence-electron chi connectivity index (χ0n) is 17.4. The summed E-state index contributed by atoms with van der Waals surface area (Å²) in [6.07, 6.45) is 7.05. The van der Waals surface area contributed by atoms with Gasteiger partial charge in [-0.3, -0.25) is 4.40 Å². The molecule has 2 aliphatic rings. The van der Waals surface area contributed by atoms with Crippen LogP contribution in [0.4, 0.5) is 19.1 Å². The summed E-state index contributed by atoms with van der Waals surface area (Å²) in [6, 6.07) is 1.74. The summed E-state index contributed by atoms with van der Waals surface area (Å²) in [5.41, 5.74) is 1.43. The molecule has 0 amide bonds. The first-order chi connectivity index (χ1) is 15.9. The molecule has 0 radical (unpaired) electrons. The molecule has 0 aromatic carbocycles. The van der Waals surface area contributed by atoms with E-state index in [1.54, 1.807) is 41.5 Å². The van der Waals surface area contributed by atoms with E-state index < -0.39 is 12.2 Å². The molecular weight excluding hydrogens is 439 g/mol. The highest BCUT2D eigenvalue weighted by Gasteiger charge is 2.41. The Kier molecular flexibility index (Phi) is 4.47. The van der Waals surface area contributed by atoms with E-state index in [9.17, 15) is 13.2 Å². The highest BCUT2D eigenvalue weighted by molar-refractivity contribution is 5.84. The summed E-state index contributed by atoms with van der Waals surface area (Å²) in [7, 11) is 0. The number of nitrogens with zero attached hydrogens (tertiary/aromatic N) is 6. The van der Waals surface area contributed by atoms with E-state index in [4.69, 9.17) is 4.74 Å². The Morgan fingerprint density at radius 2 is 1.97 bits per heavy atom. The third-order valence-corrected chi connectivity index (χ3v) is 6.44. The van der Waals surface area contributed by atoms with Gasteiger partial charge in [0, 0.05) is 53.6 Å². The Labute approximate surface area is 185 Å². The number of anilines is 1. The molecule has 5 heterocycles. The molecule has 6 rings (SSSR count). The largest absolute Gasteiger partial charge is 0.574 e. The smallest absolute Gasteiger partial charge is 0.385 e. The van der Waals surface area contributed by atoms with Crippen LogP contribution >= 0.6 is 0 Å². The van der Waals surface area contributed by atoms with Crippen molar-refractivity contribution in [1.29, 1.82) is 0 Å². The van der Waals surface area contributed by atoms with Crippen LogP contribution in [-0.4, -0.2) is 54.6 Å². The van der Waals surface area contributed by atoms with Gasteiger partial charge in [0.05, 0.1) is 13.2 Å². The SMILES string of the molecule is FC(F)(F)Oc1nc(NC2CCC3(CC2)COC3)nn2ccc(-c3cnc4nccn4c3)c12. The molecule has 1 saturated heterocycles. The number of rotatable bonds is 4. The summed E-state index contributed by atoms with van der Waals surface area (Å²) in [5.74, 6) is 0.0165. The normalized spacial score (nSPS) is 18.6. The Morgan fingerprint density at radius 3 is 2.70 bits per heavy atom. The van der Waals surface area contributed by atoms with Gasteiger partial charge in [0.15, 0.2) is 0 Å². The van der Waals surface area contributed by atoms with E-state index in [1.807, 2.05) is 0 Å². The molecular formula is C21H20F3N7O2. The molecule has 33 heavy (non-hydrogen) atoms. The van der Waals surface area contributed by atoms with Crippen molar-refractivity contribution >= 4 is 17.2 Å². The predicted octanol–water partition coefficient (Wildman–Crippen LogP) is 3.71. The number of hydrogen-bond acceptors (Lipinski definition) is 7. The molecule has 1 aliphatic heterocycles. The van der Waals surface area contributed by atoms with Gasteiger partial charge >= 0.3 is 6.36 Å². The quantitative estimate of drug-likeness (QED) is 0.498. The van der Waals surface area contributed by atoms with Crippen LogP contribution in [-0.2, 0) is 4.74 Å². The van der Waals surface area contributed by atoms with Crippen LogP contribution in [0.5, 0.6) is 5.88 Å². The maximum Gasteiger partial charge on any atom is 0.574 e. The maximum absolute atomic E-state index is 13.2. The van der Waals surface area contributed by atoms with Gasteiger partial charge in [-0.15, -0.1) is 18.3 Å². The van der Waals surface area contributed by atoms with E-state index in [0.29, 0.717) is 16.9 Å². The monoisotopic (exact) mass is 459 g/mol. The predicted molar refractivity (Wildman–Crippen MR) is 111 cm³/mol. The third kappa shape index (κ3) is 3.73. The summed E-state index contributed by atoms with van der Waals surface area (Å²) in [4.78, 5) is 12.4. The zero-order chi connectivity index (χ0) is 22.6. The lowest BCUT2D eigenvalue weighted by Gasteiger charge is -2.46. The molecule has 9 nitrogen and oxygen atoms in total. The number of aromatic nitrogens is 6. The van der Waals surface area contributed by atoms with Crippen molar-refractivity contribution in [2.45, 2.75) is 38.1 Å². The van der Waals surface area contributed by atoms with Crippen molar-refractivity contribution in [2.75, 3.05) is 18.5 Å². The van der Waals surface area contributed by atoms with E-state index in [0.717, 1.165) is 38.9 Å². The van der Waals surface area contributed by atoms with Crippen molar-refractivity contribution < 1.29 is 22.6 Å². The van der Waals surface area contributed by atoms with Crippen LogP contribution in [0, 0.1) is 5.41 Å². The fourth-order valence-corrected chi connectivity index (χ4v) is 4.66. The summed E-state index contributed by atoms with van der Waals surface area (Å²) in [5, 5.41) is 7.61. The molecule has 1 saturated carbocycles. The lowest BCUT2D eigenvalue weighted by Crippen LogP contribution is -2.47. The van der Waals surface area contributed by atoms with Crippen LogP contribution in [0.25, 0.3) is 22.4 Å². The molecule has 0 bridgehead atoms. The lowest BCUT2D eigenvalue weighted by molar-refractivity contribution is -0.275. The minimum atomic E-state index is -4.90. The molecule has 0 atom stereocenters.